The summed E-state index contributed by atoms with van der Waals surface area (Å²) in [6, 6.07) is 3.93. The number of rotatable bonds is 6. The van der Waals surface area contributed by atoms with Crippen LogP contribution >= 0.6 is 22.7 Å². The SMILES string of the molecule is Cc1nc(OCC2CCCO2)ccc1-c1nc(-c2csc(NC3=NCCCN3)n2)cs1. The lowest BCUT2D eigenvalue weighted by Crippen LogP contribution is -2.35. The van der Waals surface area contributed by atoms with E-state index < -0.39 is 0 Å². The summed E-state index contributed by atoms with van der Waals surface area (Å²) in [6.07, 6.45) is 3.40. The largest absolute Gasteiger partial charge is 0.475 e. The number of pyridine rings is 1. The number of aromatic nitrogens is 3. The molecule has 5 heterocycles. The number of nitrogens with zero attached hydrogens (tertiary/aromatic N) is 4. The van der Waals surface area contributed by atoms with Crippen molar-refractivity contribution in [2.75, 3.05) is 31.6 Å². The van der Waals surface area contributed by atoms with Gasteiger partial charge >= 0.3 is 0 Å². The van der Waals surface area contributed by atoms with Gasteiger partial charge in [-0.15, -0.1) is 22.7 Å². The van der Waals surface area contributed by atoms with Gasteiger partial charge in [0.2, 0.25) is 5.88 Å². The predicted molar refractivity (Wildman–Crippen MR) is 124 cm³/mol. The van der Waals surface area contributed by atoms with Gasteiger partial charge in [-0.3, -0.25) is 4.99 Å². The maximum absolute atomic E-state index is 5.82. The molecule has 1 fully saturated rings. The number of thiazole rings is 2. The molecule has 10 heteroatoms. The Labute approximate surface area is 188 Å². The molecule has 1 unspecified atom stereocenters. The fourth-order valence-electron chi connectivity index (χ4n) is 3.48. The number of nitrogens with one attached hydrogen (secondary N) is 2. The Morgan fingerprint density at radius 3 is 2.87 bits per heavy atom. The van der Waals surface area contributed by atoms with Gasteiger partial charge in [0.25, 0.3) is 0 Å². The molecule has 8 nitrogen and oxygen atoms in total. The molecule has 0 amide bonds. The van der Waals surface area contributed by atoms with E-state index >= 15 is 0 Å². The van der Waals surface area contributed by atoms with E-state index in [1.54, 1.807) is 22.7 Å². The second-order valence-electron chi connectivity index (χ2n) is 7.44. The van der Waals surface area contributed by atoms with Gasteiger partial charge in [0.05, 0.1) is 11.8 Å². The van der Waals surface area contributed by atoms with Gasteiger partial charge in [0.1, 0.15) is 23.0 Å². The molecular weight excluding hydrogens is 432 g/mol. The maximum atomic E-state index is 5.82. The Morgan fingerprint density at radius 2 is 2.06 bits per heavy atom. The number of hydrogen-bond acceptors (Lipinski definition) is 10. The standard InChI is InChI=1S/C21H24N6O2S2/c1-13-15(5-6-18(24-13)29-10-14-4-2-9-28-14)19-25-16(11-30-19)17-12-31-21(26-17)27-20-22-7-3-8-23-20/h5-6,11-12,14H,2-4,7-10H2,1H3,(H2,22,23,26,27). The molecule has 2 N–H and O–H groups in total. The van der Waals surface area contributed by atoms with Crippen molar-refractivity contribution in [1.82, 2.24) is 20.3 Å². The van der Waals surface area contributed by atoms with E-state index in [0.29, 0.717) is 12.5 Å². The van der Waals surface area contributed by atoms with Crippen LogP contribution in [0.15, 0.2) is 27.9 Å². The zero-order valence-electron chi connectivity index (χ0n) is 17.3. The van der Waals surface area contributed by atoms with Crippen LogP contribution < -0.4 is 15.4 Å². The smallest absolute Gasteiger partial charge is 0.213 e. The van der Waals surface area contributed by atoms with Crippen LogP contribution in [0.5, 0.6) is 5.88 Å². The molecule has 0 aliphatic carbocycles. The quantitative estimate of drug-likeness (QED) is 0.580. The van der Waals surface area contributed by atoms with Crippen LogP contribution in [0.25, 0.3) is 22.0 Å². The van der Waals surface area contributed by atoms with Gasteiger partial charge in [0, 0.05) is 42.1 Å². The monoisotopic (exact) mass is 456 g/mol. The Kier molecular flexibility index (Phi) is 6.10. The van der Waals surface area contributed by atoms with E-state index in [-0.39, 0.29) is 6.10 Å². The summed E-state index contributed by atoms with van der Waals surface area (Å²) in [5, 5.41) is 12.3. The summed E-state index contributed by atoms with van der Waals surface area (Å²) in [5.41, 5.74) is 3.62. The highest BCUT2D eigenvalue weighted by atomic mass is 32.1. The Morgan fingerprint density at radius 1 is 1.16 bits per heavy atom. The number of aliphatic imine (C=N–C) groups is 1. The van der Waals surface area contributed by atoms with E-state index in [1.807, 2.05) is 29.8 Å². The first-order valence-corrected chi connectivity index (χ1v) is 12.2. The van der Waals surface area contributed by atoms with E-state index in [0.717, 1.165) is 77.7 Å². The molecule has 2 aliphatic heterocycles. The normalized spacial score (nSPS) is 18.5. The summed E-state index contributed by atoms with van der Waals surface area (Å²) in [5.74, 6) is 1.41. The minimum Gasteiger partial charge on any atom is -0.475 e. The molecular formula is C21H24N6O2S2. The number of hydrogen-bond donors (Lipinski definition) is 2. The van der Waals surface area contributed by atoms with Crippen LogP contribution in [-0.4, -0.2) is 53.3 Å². The van der Waals surface area contributed by atoms with Crippen LogP contribution in [0.2, 0.25) is 0 Å². The van der Waals surface area contributed by atoms with Gasteiger partial charge < -0.3 is 20.1 Å². The van der Waals surface area contributed by atoms with Crippen LogP contribution in [0.1, 0.15) is 25.0 Å². The van der Waals surface area contributed by atoms with Crippen molar-refractivity contribution in [1.29, 1.82) is 0 Å². The Hall–Kier alpha value is -2.56. The van der Waals surface area contributed by atoms with Gasteiger partial charge in [-0.25, -0.2) is 15.0 Å². The molecule has 2 aliphatic rings. The zero-order valence-corrected chi connectivity index (χ0v) is 18.9. The van der Waals surface area contributed by atoms with Crippen molar-refractivity contribution in [2.45, 2.75) is 32.3 Å². The third kappa shape index (κ3) is 4.86. The third-order valence-electron chi connectivity index (χ3n) is 5.13. The molecule has 0 bridgehead atoms. The molecule has 1 atom stereocenters. The second kappa shape index (κ2) is 9.29. The van der Waals surface area contributed by atoms with E-state index in [9.17, 15) is 0 Å². The average Bonchev–Trinajstić information content (AvgIpc) is 3.55. The molecule has 3 aromatic heterocycles. The summed E-state index contributed by atoms with van der Waals surface area (Å²) in [7, 11) is 0. The first-order chi connectivity index (χ1) is 15.2. The van der Waals surface area contributed by atoms with Crippen LogP contribution in [0.4, 0.5) is 5.13 Å². The van der Waals surface area contributed by atoms with Crippen molar-refractivity contribution in [2.24, 2.45) is 4.99 Å². The molecule has 162 valence electrons. The average molecular weight is 457 g/mol. The van der Waals surface area contributed by atoms with Gasteiger partial charge in [-0.05, 0) is 32.3 Å². The highest BCUT2D eigenvalue weighted by Crippen LogP contribution is 2.32. The summed E-state index contributed by atoms with van der Waals surface area (Å²) in [4.78, 5) is 18.5. The highest BCUT2D eigenvalue weighted by molar-refractivity contribution is 7.14. The molecule has 0 aromatic carbocycles. The lowest BCUT2D eigenvalue weighted by molar-refractivity contribution is 0.0663. The zero-order chi connectivity index (χ0) is 21.0. The first-order valence-electron chi connectivity index (χ1n) is 10.4. The Bertz CT molecular complexity index is 1070. The van der Waals surface area contributed by atoms with Crippen molar-refractivity contribution in [3.63, 3.8) is 0 Å². The minimum absolute atomic E-state index is 0.182. The molecule has 0 saturated carbocycles. The fraction of sp³-hybridized carbons (Fsp3) is 0.429. The lowest BCUT2D eigenvalue weighted by Gasteiger charge is -2.14. The van der Waals surface area contributed by atoms with E-state index in [1.165, 1.54) is 0 Å². The fourth-order valence-corrected chi connectivity index (χ4v) is 5.07. The summed E-state index contributed by atoms with van der Waals surface area (Å²) >= 11 is 3.14. The van der Waals surface area contributed by atoms with Crippen molar-refractivity contribution < 1.29 is 9.47 Å². The number of aryl methyl sites for hydroxylation is 1. The van der Waals surface area contributed by atoms with Gasteiger partial charge in [-0.1, -0.05) is 0 Å². The van der Waals surface area contributed by atoms with E-state index in [4.69, 9.17) is 14.5 Å². The Balaban J connectivity index is 1.26. The molecule has 1 saturated heterocycles. The first kappa shape index (κ1) is 20.3. The van der Waals surface area contributed by atoms with Gasteiger partial charge in [-0.2, -0.15) is 0 Å². The number of ether oxygens (including phenoxy) is 2. The molecule has 0 radical (unpaired) electrons. The molecule has 0 spiro atoms. The van der Waals surface area contributed by atoms with Crippen LogP contribution in [0.3, 0.4) is 0 Å². The summed E-state index contributed by atoms with van der Waals surface area (Å²) in [6.45, 7) is 5.14. The van der Waals surface area contributed by atoms with Crippen LogP contribution in [0, 0.1) is 6.92 Å². The number of anilines is 1. The van der Waals surface area contributed by atoms with Crippen molar-refractivity contribution >= 4 is 33.8 Å². The topological polar surface area (TPSA) is 93.5 Å². The number of guanidine groups is 1. The van der Waals surface area contributed by atoms with E-state index in [2.05, 4.69) is 25.6 Å². The van der Waals surface area contributed by atoms with Crippen molar-refractivity contribution in [3.8, 4) is 27.8 Å². The maximum Gasteiger partial charge on any atom is 0.213 e. The molecule has 31 heavy (non-hydrogen) atoms. The van der Waals surface area contributed by atoms with Crippen LogP contribution in [-0.2, 0) is 4.74 Å². The lowest BCUT2D eigenvalue weighted by atomic mass is 10.2. The predicted octanol–water partition coefficient (Wildman–Crippen LogP) is 3.96. The molecule has 5 rings (SSSR count). The third-order valence-corrected chi connectivity index (χ3v) is 6.76. The molecule has 3 aromatic rings. The summed E-state index contributed by atoms with van der Waals surface area (Å²) < 4.78 is 11.4. The minimum atomic E-state index is 0.182. The van der Waals surface area contributed by atoms with Crippen molar-refractivity contribution in [3.05, 3.63) is 28.6 Å². The highest BCUT2D eigenvalue weighted by Gasteiger charge is 2.17. The van der Waals surface area contributed by atoms with Gasteiger partial charge in [0.15, 0.2) is 11.1 Å². The second-order valence-corrected chi connectivity index (χ2v) is 9.16.